The first-order chi connectivity index (χ1) is 10.1. The minimum absolute atomic E-state index is 0.00579. The van der Waals surface area contributed by atoms with E-state index in [0.29, 0.717) is 44.8 Å². The number of aromatic nitrogens is 1. The SMILES string of the molecule is O=C(CCCO)N1CCN(c2ncccc2[N+](=O)[O-])CC1. The van der Waals surface area contributed by atoms with Crippen LogP contribution in [-0.4, -0.2) is 58.6 Å². The highest BCUT2D eigenvalue weighted by Crippen LogP contribution is 2.25. The lowest BCUT2D eigenvalue weighted by Crippen LogP contribution is -2.49. The van der Waals surface area contributed by atoms with Gasteiger partial charge in [0, 0.05) is 51.5 Å². The normalized spacial score (nSPS) is 15.1. The minimum Gasteiger partial charge on any atom is -0.396 e. The number of anilines is 1. The number of carbonyl (C=O) groups excluding carboxylic acids is 1. The van der Waals surface area contributed by atoms with Gasteiger partial charge in [0.1, 0.15) is 0 Å². The zero-order chi connectivity index (χ0) is 15.2. The molecule has 8 nitrogen and oxygen atoms in total. The second kappa shape index (κ2) is 6.98. The van der Waals surface area contributed by atoms with Crippen molar-refractivity contribution >= 4 is 17.4 Å². The Morgan fingerprint density at radius 1 is 1.38 bits per heavy atom. The van der Waals surface area contributed by atoms with Crippen LogP contribution >= 0.6 is 0 Å². The van der Waals surface area contributed by atoms with E-state index in [2.05, 4.69) is 4.98 Å². The van der Waals surface area contributed by atoms with Gasteiger partial charge in [-0.25, -0.2) is 4.98 Å². The van der Waals surface area contributed by atoms with Crippen molar-refractivity contribution in [3.63, 3.8) is 0 Å². The Balaban J connectivity index is 1.98. The highest BCUT2D eigenvalue weighted by molar-refractivity contribution is 5.76. The maximum absolute atomic E-state index is 11.8. The molecule has 1 amide bonds. The molecule has 8 heteroatoms. The molecule has 0 aliphatic carbocycles. The summed E-state index contributed by atoms with van der Waals surface area (Å²) >= 11 is 0. The summed E-state index contributed by atoms with van der Waals surface area (Å²) in [6.07, 6.45) is 2.33. The Kier molecular flexibility index (Phi) is 5.04. The van der Waals surface area contributed by atoms with Crippen LogP contribution in [0.5, 0.6) is 0 Å². The molecule has 1 fully saturated rings. The average Bonchev–Trinajstić information content (AvgIpc) is 2.52. The lowest BCUT2D eigenvalue weighted by Gasteiger charge is -2.35. The van der Waals surface area contributed by atoms with E-state index in [4.69, 9.17) is 5.11 Å². The second-order valence-electron chi connectivity index (χ2n) is 4.80. The Bertz CT molecular complexity index is 515. The number of nitro groups is 1. The fourth-order valence-corrected chi connectivity index (χ4v) is 2.33. The van der Waals surface area contributed by atoms with E-state index in [1.54, 1.807) is 4.90 Å². The maximum atomic E-state index is 11.8. The number of nitrogens with zero attached hydrogens (tertiary/aromatic N) is 4. The number of piperazine rings is 1. The first-order valence-electron chi connectivity index (χ1n) is 6.86. The van der Waals surface area contributed by atoms with E-state index in [9.17, 15) is 14.9 Å². The van der Waals surface area contributed by atoms with Crippen LogP contribution < -0.4 is 4.90 Å². The van der Waals surface area contributed by atoms with Crippen molar-refractivity contribution in [2.75, 3.05) is 37.7 Å². The third-order valence-corrected chi connectivity index (χ3v) is 3.44. The molecule has 2 rings (SSSR count). The van der Waals surface area contributed by atoms with Crippen molar-refractivity contribution in [3.8, 4) is 0 Å². The molecule has 0 unspecified atom stereocenters. The molecular weight excluding hydrogens is 276 g/mol. The molecule has 0 bridgehead atoms. The molecule has 1 saturated heterocycles. The van der Waals surface area contributed by atoms with Gasteiger partial charge in [-0.2, -0.15) is 0 Å². The van der Waals surface area contributed by atoms with Gasteiger partial charge in [-0.3, -0.25) is 14.9 Å². The Labute approximate surface area is 122 Å². The summed E-state index contributed by atoms with van der Waals surface area (Å²) in [6.45, 7) is 2.06. The van der Waals surface area contributed by atoms with Crippen molar-refractivity contribution in [2.45, 2.75) is 12.8 Å². The first kappa shape index (κ1) is 15.2. The zero-order valence-corrected chi connectivity index (χ0v) is 11.6. The summed E-state index contributed by atoms with van der Waals surface area (Å²) in [5.74, 6) is 0.365. The van der Waals surface area contributed by atoms with Crippen molar-refractivity contribution in [2.24, 2.45) is 0 Å². The van der Waals surface area contributed by atoms with Crippen LogP contribution in [-0.2, 0) is 4.79 Å². The smallest absolute Gasteiger partial charge is 0.311 e. The summed E-state index contributed by atoms with van der Waals surface area (Å²) in [6, 6.07) is 2.97. The van der Waals surface area contributed by atoms with Gasteiger partial charge in [0.15, 0.2) is 0 Å². The lowest BCUT2D eigenvalue weighted by molar-refractivity contribution is -0.384. The molecule has 1 aromatic rings. The van der Waals surface area contributed by atoms with Gasteiger partial charge in [0.05, 0.1) is 4.92 Å². The molecule has 0 aromatic carbocycles. The van der Waals surface area contributed by atoms with Crippen molar-refractivity contribution < 1.29 is 14.8 Å². The fraction of sp³-hybridized carbons (Fsp3) is 0.538. The summed E-state index contributed by atoms with van der Waals surface area (Å²) in [4.78, 5) is 30.1. The Hall–Kier alpha value is -2.22. The number of hydrogen-bond acceptors (Lipinski definition) is 6. The average molecular weight is 294 g/mol. The predicted molar refractivity (Wildman–Crippen MR) is 76.0 cm³/mol. The van der Waals surface area contributed by atoms with Gasteiger partial charge in [0.25, 0.3) is 0 Å². The summed E-state index contributed by atoms with van der Waals surface area (Å²) < 4.78 is 0. The number of pyridine rings is 1. The number of amides is 1. The van der Waals surface area contributed by atoms with Gasteiger partial charge in [-0.05, 0) is 12.5 Å². The summed E-state index contributed by atoms with van der Waals surface area (Å²) in [7, 11) is 0. The molecule has 21 heavy (non-hydrogen) atoms. The topological polar surface area (TPSA) is 99.8 Å². The van der Waals surface area contributed by atoms with Gasteiger partial charge in [-0.15, -0.1) is 0 Å². The predicted octanol–water partition coefficient (Wildman–Crippen LogP) is 0.411. The van der Waals surface area contributed by atoms with Crippen LogP contribution in [0.15, 0.2) is 18.3 Å². The molecule has 1 aliphatic rings. The summed E-state index contributed by atoms with van der Waals surface area (Å²) in [5, 5.41) is 19.7. The van der Waals surface area contributed by atoms with Crippen LogP contribution in [0, 0.1) is 10.1 Å². The van der Waals surface area contributed by atoms with E-state index in [1.807, 2.05) is 4.90 Å². The number of carbonyl (C=O) groups is 1. The monoisotopic (exact) mass is 294 g/mol. The number of rotatable bonds is 5. The second-order valence-corrected chi connectivity index (χ2v) is 4.80. The van der Waals surface area contributed by atoms with Crippen LogP contribution in [0.4, 0.5) is 11.5 Å². The third-order valence-electron chi connectivity index (χ3n) is 3.44. The number of hydrogen-bond donors (Lipinski definition) is 1. The fourth-order valence-electron chi connectivity index (χ4n) is 2.33. The molecule has 1 aliphatic heterocycles. The van der Waals surface area contributed by atoms with Gasteiger partial charge in [0.2, 0.25) is 11.7 Å². The maximum Gasteiger partial charge on any atom is 0.311 e. The molecule has 114 valence electrons. The van der Waals surface area contributed by atoms with Crippen LogP contribution in [0.2, 0.25) is 0 Å². The lowest BCUT2D eigenvalue weighted by atomic mass is 10.2. The Morgan fingerprint density at radius 2 is 2.10 bits per heavy atom. The largest absolute Gasteiger partial charge is 0.396 e. The quantitative estimate of drug-likeness (QED) is 0.623. The molecule has 2 heterocycles. The number of aliphatic hydroxyl groups excluding tert-OH is 1. The van der Waals surface area contributed by atoms with E-state index < -0.39 is 4.92 Å². The van der Waals surface area contributed by atoms with Gasteiger partial charge in [-0.1, -0.05) is 0 Å². The molecule has 0 saturated carbocycles. The van der Waals surface area contributed by atoms with Crippen molar-refractivity contribution in [1.29, 1.82) is 0 Å². The number of aliphatic hydroxyl groups is 1. The summed E-state index contributed by atoms with van der Waals surface area (Å²) in [5.41, 5.74) is -0.0162. The van der Waals surface area contributed by atoms with Crippen LogP contribution in [0.1, 0.15) is 12.8 Å². The molecule has 1 aromatic heterocycles. The molecular formula is C13H18N4O4. The van der Waals surface area contributed by atoms with Crippen molar-refractivity contribution in [1.82, 2.24) is 9.88 Å². The molecule has 1 N–H and O–H groups in total. The Morgan fingerprint density at radius 3 is 2.71 bits per heavy atom. The van der Waals surface area contributed by atoms with E-state index in [1.165, 1.54) is 18.3 Å². The van der Waals surface area contributed by atoms with Crippen LogP contribution in [0.3, 0.4) is 0 Å². The van der Waals surface area contributed by atoms with Gasteiger partial charge < -0.3 is 14.9 Å². The van der Waals surface area contributed by atoms with E-state index >= 15 is 0 Å². The molecule has 0 atom stereocenters. The zero-order valence-electron chi connectivity index (χ0n) is 11.6. The minimum atomic E-state index is -0.443. The molecule has 0 radical (unpaired) electrons. The first-order valence-corrected chi connectivity index (χ1v) is 6.86. The standard InChI is InChI=1S/C13H18N4O4/c18-10-2-4-12(19)15-6-8-16(9-7-15)13-11(17(20)21)3-1-5-14-13/h1,3,5,18H,2,4,6-10H2. The van der Waals surface area contributed by atoms with E-state index in [0.717, 1.165) is 0 Å². The highest BCUT2D eigenvalue weighted by Gasteiger charge is 2.26. The van der Waals surface area contributed by atoms with E-state index in [-0.39, 0.29) is 18.2 Å². The third kappa shape index (κ3) is 3.66. The van der Waals surface area contributed by atoms with Gasteiger partial charge >= 0.3 is 5.69 Å². The highest BCUT2D eigenvalue weighted by atomic mass is 16.6. The van der Waals surface area contributed by atoms with Crippen LogP contribution in [0.25, 0.3) is 0 Å². The molecule has 0 spiro atoms. The van der Waals surface area contributed by atoms with Crippen molar-refractivity contribution in [3.05, 3.63) is 28.4 Å².